The molecule has 2 aliphatic carbocycles. The second-order valence-electron chi connectivity index (χ2n) is 5.20. The lowest BCUT2D eigenvalue weighted by Gasteiger charge is -2.18. The Labute approximate surface area is 93.8 Å². The van der Waals surface area contributed by atoms with Crippen molar-refractivity contribution < 1.29 is 0 Å². The summed E-state index contributed by atoms with van der Waals surface area (Å²) in [6, 6.07) is 0. The van der Waals surface area contributed by atoms with Crippen molar-refractivity contribution >= 4 is 0 Å². The second-order valence-corrected chi connectivity index (χ2v) is 5.20. The average Bonchev–Trinajstić information content (AvgIpc) is 2.30. The molecule has 0 heterocycles. The highest BCUT2D eigenvalue weighted by atomic mass is 14.2. The molecule has 2 saturated carbocycles. The van der Waals surface area contributed by atoms with Gasteiger partial charge in [-0.05, 0) is 68.4 Å². The van der Waals surface area contributed by atoms with Crippen LogP contribution < -0.4 is 0 Å². The van der Waals surface area contributed by atoms with Crippen LogP contribution in [0.1, 0.15) is 64.7 Å². The van der Waals surface area contributed by atoms with Gasteiger partial charge >= 0.3 is 0 Å². The summed E-state index contributed by atoms with van der Waals surface area (Å²) in [5.41, 5.74) is 9.92. The molecule has 0 saturated heterocycles. The molecule has 15 heavy (non-hydrogen) atoms. The lowest BCUT2D eigenvalue weighted by atomic mass is 9.87. The van der Waals surface area contributed by atoms with Gasteiger partial charge in [-0.25, -0.2) is 0 Å². The first-order chi connectivity index (χ1) is 7.34. The Bertz CT molecular complexity index is 291. The van der Waals surface area contributed by atoms with Gasteiger partial charge in [0.2, 0.25) is 0 Å². The molecule has 0 bridgehead atoms. The number of hydrogen-bond donors (Lipinski definition) is 0. The van der Waals surface area contributed by atoms with E-state index in [0.717, 1.165) is 5.92 Å². The zero-order valence-electron chi connectivity index (χ0n) is 9.94. The molecule has 2 aliphatic rings. The molecule has 0 radical (unpaired) electrons. The van der Waals surface area contributed by atoms with Crippen LogP contribution in [0.2, 0.25) is 0 Å². The predicted octanol–water partition coefficient (Wildman–Crippen LogP) is 4.77. The van der Waals surface area contributed by atoms with Gasteiger partial charge < -0.3 is 0 Å². The standard InChI is InChI=1S/C15H22/c1-13-7-9-15(10-8-13)12-11-14-5-3-2-4-6-14/h13H,2-10H2,1H3. The lowest BCUT2D eigenvalue weighted by molar-refractivity contribution is 0.444. The largest absolute Gasteiger partial charge is 0.0712 e. The maximum absolute atomic E-state index is 3.44. The van der Waals surface area contributed by atoms with Crippen LogP contribution in [0.25, 0.3) is 0 Å². The van der Waals surface area contributed by atoms with E-state index in [4.69, 9.17) is 0 Å². The van der Waals surface area contributed by atoms with Gasteiger partial charge in [-0.1, -0.05) is 24.8 Å². The fourth-order valence-corrected chi connectivity index (χ4v) is 2.52. The van der Waals surface area contributed by atoms with Crippen LogP contribution in [-0.2, 0) is 0 Å². The van der Waals surface area contributed by atoms with Gasteiger partial charge in [0, 0.05) is 0 Å². The molecule has 0 aliphatic heterocycles. The normalized spacial score (nSPS) is 27.1. The summed E-state index contributed by atoms with van der Waals surface area (Å²) in [4.78, 5) is 0. The summed E-state index contributed by atoms with van der Waals surface area (Å²) in [7, 11) is 0. The topological polar surface area (TPSA) is 0 Å². The van der Waals surface area contributed by atoms with E-state index in [2.05, 4.69) is 18.4 Å². The molecular weight excluding hydrogens is 180 g/mol. The molecule has 0 unspecified atom stereocenters. The van der Waals surface area contributed by atoms with Gasteiger partial charge in [-0.2, -0.15) is 0 Å². The van der Waals surface area contributed by atoms with E-state index in [1.807, 2.05) is 0 Å². The molecule has 2 fully saturated rings. The summed E-state index contributed by atoms with van der Waals surface area (Å²) in [6.45, 7) is 2.36. The molecule has 0 aromatic heterocycles. The van der Waals surface area contributed by atoms with Crippen molar-refractivity contribution in [1.29, 1.82) is 0 Å². The van der Waals surface area contributed by atoms with Crippen LogP contribution in [0.5, 0.6) is 0 Å². The molecular formula is C15H22. The van der Waals surface area contributed by atoms with Gasteiger partial charge in [0.05, 0.1) is 0 Å². The van der Waals surface area contributed by atoms with Crippen molar-refractivity contribution in [2.75, 3.05) is 0 Å². The van der Waals surface area contributed by atoms with Crippen molar-refractivity contribution in [2.24, 2.45) is 5.92 Å². The number of hydrogen-bond acceptors (Lipinski definition) is 0. The zero-order valence-corrected chi connectivity index (χ0v) is 9.94. The third kappa shape index (κ3) is 3.42. The minimum atomic E-state index is 0.929. The van der Waals surface area contributed by atoms with Gasteiger partial charge in [0.15, 0.2) is 0 Å². The minimum absolute atomic E-state index is 0.929. The average molecular weight is 202 g/mol. The van der Waals surface area contributed by atoms with Crippen LogP contribution in [0, 0.1) is 5.92 Å². The molecule has 0 spiro atoms. The van der Waals surface area contributed by atoms with Crippen molar-refractivity contribution in [3.05, 3.63) is 22.6 Å². The Morgan fingerprint density at radius 1 is 0.800 bits per heavy atom. The lowest BCUT2D eigenvalue weighted by Crippen LogP contribution is -2.02. The molecule has 2 rings (SSSR count). The molecule has 0 aromatic carbocycles. The van der Waals surface area contributed by atoms with Gasteiger partial charge in [-0.15, -0.1) is 0 Å². The van der Waals surface area contributed by atoms with E-state index in [0.29, 0.717) is 0 Å². The van der Waals surface area contributed by atoms with Gasteiger partial charge in [0.25, 0.3) is 0 Å². The highest BCUT2D eigenvalue weighted by Crippen LogP contribution is 2.27. The van der Waals surface area contributed by atoms with Crippen LogP contribution in [0.15, 0.2) is 22.6 Å². The molecule has 0 aromatic rings. The first-order valence-electron chi connectivity index (χ1n) is 6.56. The maximum atomic E-state index is 3.44. The van der Waals surface area contributed by atoms with E-state index in [-0.39, 0.29) is 0 Å². The first kappa shape index (κ1) is 10.8. The van der Waals surface area contributed by atoms with Crippen molar-refractivity contribution in [3.63, 3.8) is 0 Å². The summed E-state index contributed by atoms with van der Waals surface area (Å²) in [5.74, 6) is 0.929. The van der Waals surface area contributed by atoms with Gasteiger partial charge in [-0.3, -0.25) is 0 Å². The van der Waals surface area contributed by atoms with Crippen LogP contribution in [-0.4, -0.2) is 0 Å². The van der Waals surface area contributed by atoms with E-state index in [9.17, 15) is 0 Å². The smallest absolute Gasteiger partial charge is 0.0199 e. The summed E-state index contributed by atoms with van der Waals surface area (Å²) < 4.78 is 0. The van der Waals surface area contributed by atoms with E-state index < -0.39 is 0 Å². The second kappa shape index (κ2) is 5.40. The fraction of sp³-hybridized carbons (Fsp3) is 0.733. The van der Waals surface area contributed by atoms with E-state index in [1.165, 1.54) is 68.9 Å². The summed E-state index contributed by atoms with van der Waals surface area (Å²) >= 11 is 0. The fourth-order valence-electron chi connectivity index (χ4n) is 2.52. The third-order valence-corrected chi connectivity index (χ3v) is 3.75. The van der Waals surface area contributed by atoms with Gasteiger partial charge in [0.1, 0.15) is 0 Å². The van der Waals surface area contributed by atoms with Crippen LogP contribution in [0.4, 0.5) is 0 Å². The minimum Gasteiger partial charge on any atom is -0.0712 e. The summed E-state index contributed by atoms with van der Waals surface area (Å²) in [5, 5.41) is 0. The van der Waals surface area contributed by atoms with Crippen molar-refractivity contribution in [3.8, 4) is 0 Å². The Hall–Kier alpha value is -0.700. The molecule has 0 N–H and O–H groups in total. The SMILES string of the molecule is CC1CCC(=C=C=C2CCCCC2)CC1. The molecule has 0 atom stereocenters. The molecule has 0 amide bonds. The van der Waals surface area contributed by atoms with Crippen LogP contribution in [0.3, 0.4) is 0 Å². The van der Waals surface area contributed by atoms with Crippen molar-refractivity contribution in [2.45, 2.75) is 64.7 Å². The third-order valence-electron chi connectivity index (χ3n) is 3.75. The van der Waals surface area contributed by atoms with E-state index in [1.54, 1.807) is 0 Å². The number of rotatable bonds is 0. The molecule has 0 heteroatoms. The Morgan fingerprint density at radius 3 is 1.93 bits per heavy atom. The zero-order chi connectivity index (χ0) is 10.5. The van der Waals surface area contributed by atoms with Crippen molar-refractivity contribution in [1.82, 2.24) is 0 Å². The highest BCUT2D eigenvalue weighted by molar-refractivity contribution is 5.09. The maximum Gasteiger partial charge on any atom is -0.0199 e. The Balaban J connectivity index is 2.04. The molecule has 82 valence electrons. The van der Waals surface area contributed by atoms with Crippen LogP contribution >= 0.6 is 0 Å². The Kier molecular flexibility index (Phi) is 3.89. The Morgan fingerprint density at radius 2 is 1.33 bits per heavy atom. The quantitative estimate of drug-likeness (QED) is 0.496. The predicted molar refractivity (Wildman–Crippen MR) is 64.8 cm³/mol. The first-order valence-corrected chi connectivity index (χ1v) is 6.56. The van der Waals surface area contributed by atoms with E-state index >= 15 is 0 Å². The highest BCUT2D eigenvalue weighted by Gasteiger charge is 2.11. The summed E-state index contributed by atoms with van der Waals surface area (Å²) in [6.07, 6.45) is 12.0. The number of allylic oxidation sites excluding steroid dienone is 2. The monoisotopic (exact) mass is 202 g/mol. The molecule has 0 nitrogen and oxygen atoms in total.